The summed E-state index contributed by atoms with van der Waals surface area (Å²) in [4.78, 5) is 0. The third-order valence-electron chi connectivity index (χ3n) is 4.60. The van der Waals surface area contributed by atoms with E-state index in [-0.39, 0.29) is 30.7 Å². The lowest BCUT2D eigenvalue weighted by molar-refractivity contribution is -0.231. The van der Waals surface area contributed by atoms with Crippen LogP contribution in [0.5, 0.6) is 0 Å². The normalized spacial score (nSPS) is 38.7. The minimum absolute atomic E-state index is 0.0606. The highest BCUT2D eigenvalue weighted by Gasteiger charge is 2.57. The first-order chi connectivity index (χ1) is 10.0. The molecule has 3 rings (SSSR count). The zero-order valence-electron chi connectivity index (χ0n) is 12.5. The van der Waals surface area contributed by atoms with Gasteiger partial charge in [0.15, 0.2) is 6.29 Å². The van der Waals surface area contributed by atoms with Gasteiger partial charge in [-0.25, -0.2) is 4.39 Å². The Balaban J connectivity index is 1.68. The van der Waals surface area contributed by atoms with Gasteiger partial charge in [0.25, 0.3) is 0 Å². The first-order valence-electron chi connectivity index (χ1n) is 7.25. The molecular weight excluding hydrogens is 275 g/mol. The van der Waals surface area contributed by atoms with E-state index in [1.807, 2.05) is 13.8 Å². The van der Waals surface area contributed by atoms with E-state index in [1.165, 1.54) is 6.07 Å². The molecular formula is C16H21FO4. The van der Waals surface area contributed by atoms with E-state index < -0.39 is 11.9 Å². The summed E-state index contributed by atoms with van der Waals surface area (Å²) < 4.78 is 36.8. The summed E-state index contributed by atoms with van der Waals surface area (Å²) in [7, 11) is 1.67. The molecule has 0 spiro atoms. The van der Waals surface area contributed by atoms with E-state index in [0.717, 1.165) is 0 Å². The molecule has 0 amide bonds. The lowest BCUT2D eigenvalue weighted by atomic mass is 9.88. The second kappa shape index (κ2) is 5.65. The summed E-state index contributed by atoms with van der Waals surface area (Å²) in [5.41, 5.74) is 0.0860. The van der Waals surface area contributed by atoms with E-state index in [9.17, 15) is 4.39 Å². The van der Waals surface area contributed by atoms with Gasteiger partial charge in [-0.15, -0.1) is 0 Å². The molecule has 5 unspecified atom stereocenters. The Morgan fingerprint density at radius 1 is 1.38 bits per heavy atom. The number of benzene rings is 1. The number of halogens is 1. The van der Waals surface area contributed by atoms with E-state index >= 15 is 0 Å². The van der Waals surface area contributed by atoms with Gasteiger partial charge in [0.2, 0.25) is 0 Å². The molecule has 2 bridgehead atoms. The largest absolute Gasteiger partial charge is 0.378 e. The van der Waals surface area contributed by atoms with Crippen LogP contribution in [0.25, 0.3) is 0 Å². The summed E-state index contributed by atoms with van der Waals surface area (Å²) in [6.45, 7) is 4.17. The number of hydrogen-bond acceptors (Lipinski definition) is 4. The molecule has 2 heterocycles. The van der Waals surface area contributed by atoms with Gasteiger partial charge in [-0.05, 0) is 19.9 Å². The van der Waals surface area contributed by atoms with E-state index in [1.54, 1.807) is 25.3 Å². The van der Waals surface area contributed by atoms with Crippen LogP contribution in [-0.2, 0) is 25.6 Å². The van der Waals surface area contributed by atoms with Crippen molar-refractivity contribution >= 4 is 0 Å². The summed E-state index contributed by atoms with van der Waals surface area (Å²) in [5, 5.41) is 0. The van der Waals surface area contributed by atoms with Crippen LogP contribution >= 0.6 is 0 Å². The molecule has 0 aliphatic carbocycles. The maximum atomic E-state index is 13.6. The van der Waals surface area contributed by atoms with Crippen LogP contribution in [0.4, 0.5) is 4.39 Å². The lowest BCUT2D eigenvalue weighted by Crippen LogP contribution is -2.53. The maximum absolute atomic E-state index is 13.6. The van der Waals surface area contributed by atoms with Crippen molar-refractivity contribution in [3.05, 3.63) is 35.6 Å². The molecule has 2 fully saturated rings. The van der Waals surface area contributed by atoms with Crippen molar-refractivity contribution < 1.29 is 23.3 Å². The Hall–Kier alpha value is -1.01. The van der Waals surface area contributed by atoms with Gasteiger partial charge in [0.05, 0.1) is 18.8 Å². The fourth-order valence-electron chi connectivity index (χ4n) is 3.06. The standard InChI is InChI=1S/C16H21FO4/c1-10-16(2)14(18-3)8-13(15(20-10)21-16)19-9-11-6-4-5-7-12(11)17/h4-7,10,13-15H,8-9H2,1-3H3. The van der Waals surface area contributed by atoms with Crippen molar-refractivity contribution in [2.75, 3.05) is 7.11 Å². The number of hydrogen-bond donors (Lipinski definition) is 0. The van der Waals surface area contributed by atoms with Crippen LogP contribution in [0.3, 0.4) is 0 Å². The van der Waals surface area contributed by atoms with Gasteiger partial charge in [0, 0.05) is 19.1 Å². The molecule has 1 aromatic rings. The molecule has 21 heavy (non-hydrogen) atoms. The fraction of sp³-hybridized carbons (Fsp3) is 0.625. The maximum Gasteiger partial charge on any atom is 0.185 e. The molecule has 2 saturated heterocycles. The van der Waals surface area contributed by atoms with Gasteiger partial charge < -0.3 is 18.9 Å². The van der Waals surface area contributed by atoms with Crippen LogP contribution in [-0.4, -0.2) is 37.3 Å². The van der Waals surface area contributed by atoms with Gasteiger partial charge in [-0.2, -0.15) is 0 Å². The van der Waals surface area contributed by atoms with Crippen molar-refractivity contribution in [2.45, 2.75) is 57.1 Å². The predicted molar refractivity (Wildman–Crippen MR) is 74.2 cm³/mol. The Bertz CT molecular complexity index is 509. The zero-order valence-corrected chi connectivity index (χ0v) is 12.5. The number of fused-ring (bicyclic) bond motifs is 2. The zero-order chi connectivity index (χ0) is 15.0. The van der Waals surface area contributed by atoms with Crippen LogP contribution in [0, 0.1) is 5.82 Å². The van der Waals surface area contributed by atoms with Gasteiger partial charge >= 0.3 is 0 Å². The predicted octanol–water partition coefficient (Wildman–Crippen LogP) is 2.65. The average Bonchev–Trinajstić information content (AvgIpc) is 2.72. The number of methoxy groups -OCH3 is 1. The molecule has 5 heteroatoms. The second-order valence-corrected chi connectivity index (χ2v) is 5.85. The lowest BCUT2D eigenvalue weighted by Gasteiger charge is -2.40. The Morgan fingerprint density at radius 2 is 2.14 bits per heavy atom. The molecule has 0 N–H and O–H groups in total. The molecule has 2 aliphatic heterocycles. The highest BCUT2D eigenvalue weighted by molar-refractivity contribution is 5.16. The van der Waals surface area contributed by atoms with E-state index in [2.05, 4.69) is 0 Å². The van der Waals surface area contributed by atoms with Crippen LogP contribution < -0.4 is 0 Å². The van der Waals surface area contributed by atoms with Crippen LogP contribution in [0.2, 0.25) is 0 Å². The summed E-state index contributed by atoms with van der Waals surface area (Å²) in [6.07, 6.45) is -0.154. The Labute approximate surface area is 124 Å². The van der Waals surface area contributed by atoms with Crippen molar-refractivity contribution in [1.82, 2.24) is 0 Å². The molecule has 116 valence electrons. The van der Waals surface area contributed by atoms with Crippen LogP contribution in [0.15, 0.2) is 24.3 Å². The van der Waals surface area contributed by atoms with E-state index in [4.69, 9.17) is 18.9 Å². The number of rotatable bonds is 4. The van der Waals surface area contributed by atoms with E-state index in [0.29, 0.717) is 12.0 Å². The highest BCUT2D eigenvalue weighted by atomic mass is 19.1. The van der Waals surface area contributed by atoms with Crippen molar-refractivity contribution in [3.63, 3.8) is 0 Å². The smallest absolute Gasteiger partial charge is 0.185 e. The second-order valence-electron chi connectivity index (χ2n) is 5.85. The fourth-order valence-corrected chi connectivity index (χ4v) is 3.06. The summed E-state index contributed by atoms with van der Waals surface area (Å²) in [5.74, 6) is -0.261. The number of ether oxygens (including phenoxy) is 4. The quantitative estimate of drug-likeness (QED) is 0.856. The molecule has 5 atom stereocenters. The monoisotopic (exact) mass is 296 g/mol. The molecule has 0 radical (unpaired) electrons. The topological polar surface area (TPSA) is 36.9 Å². The van der Waals surface area contributed by atoms with Crippen molar-refractivity contribution in [2.24, 2.45) is 0 Å². The highest BCUT2D eigenvalue weighted by Crippen LogP contribution is 2.43. The molecule has 0 saturated carbocycles. The summed E-state index contributed by atoms with van der Waals surface area (Å²) >= 11 is 0. The molecule has 1 aromatic carbocycles. The minimum Gasteiger partial charge on any atom is -0.378 e. The first-order valence-corrected chi connectivity index (χ1v) is 7.25. The first kappa shape index (κ1) is 14.9. The van der Waals surface area contributed by atoms with Gasteiger partial charge in [0.1, 0.15) is 17.5 Å². The van der Waals surface area contributed by atoms with Gasteiger partial charge in [-0.3, -0.25) is 0 Å². The Morgan fingerprint density at radius 3 is 2.86 bits per heavy atom. The average molecular weight is 296 g/mol. The minimum atomic E-state index is -0.447. The van der Waals surface area contributed by atoms with Gasteiger partial charge in [-0.1, -0.05) is 18.2 Å². The molecule has 2 aliphatic rings. The van der Waals surface area contributed by atoms with Crippen LogP contribution in [0.1, 0.15) is 25.8 Å². The van der Waals surface area contributed by atoms with Crippen molar-refractivity contribution in [3.8, 4) is 0 Å². The van der Waals surface area contributed by atoms with Crippen molar-refractivity contribution in [1.29, 1.82) is 0 Å². The molecule has 4 nitrogen and oxygen atoms in total. The Kier molecular flexibility index (Phi) is 4.01. The third-order valence-corrected chi connectivity index (χ3v) is 4.60. The third kappa shape index (κ3) is 2.59. The SMILES string of the molecule is COC1CC(OCc2ccccc2F)C2OC(C)C1(C)O2. The molecule has 0 aromatic heterocycles. The summed E-state index contributed by atoms with van der Waals surface area (Å²) in [6, 6.07) is 6.60.